The van der Waals surface area contributed by atoms with Gasteiger partial charge in [-0.2, -0.15) is 13.9 Å². The lowest BCUT2D eigenvalue weighted by Gasteiger charge is -2.35. The number of hydrogen-bond donors (Lipinski definition) is 0. The van der Waals surface area contributed by atoms with Gasteiger partial charge in [-0.3, -0.25) is 0 Å². The van der Waals surface area contributed by atoms with Crippen molar-refractivity contribution in [3.05, 3.63) is 65.7 Å². The largest absolute Gasteiger partial charge is 0.444 e. The number of para-hydroxylation sites is 1. The van der Waals surface area contributed by atoms with Crippen molar-refractivity contribution in [1.82, 2.24) is 29.5 Å². The van der Waals surface area contributed by atoms with E-state index >= 15 is 0 Å². The first kappa shape index (κ1) is 27.2. The third kappa shape index (κ3) is 6.11. The van der Waals surface area contributed by atoms with E-state index in [1.165, 1.54) is 6.07 Å². The predicted octanol–water partition coefficient (Wildman–Crippen LogP) is 4.74. The van der Waals surface area contributed by atoms with Gasteiger partial charge in [0.05, 0.1) is 17.1 Å². The summed E-state index contributed by atoms with van der Waals surface area (Å²) in [6.07, 6.45) is 3.43. The molecule has 1 aromatic carbocycles. The summed E-state index contributed by atoms with van der Waals surface area (Å²) in [4.78, 5) is 29.7. The Labute approximate surface area is 230 Å². The Morgan fingerprint density at radius 1 is 1.02 bits per heavy atom. The zero-order valence-corrected chi connectivity index (χ0v) is 22.8. The fourth-order valence-electron chi connectivity index (χ4n) is 4.52. The van der Waals surface area contributed by atoms with E-state index in [1.54, 1.807) is 40.0 Å². The summed E-state index contributed by atoms with van der Waals surface area (Å²) in [6.45, 7) is 6.73. The zero-order chi connectivity index (χ0) is 28.4. The Morgan fingerprint density at radius 3 is 2.40 bits per heavy atom. The molecule has 10 nitrogen and oxygen atoms in total. The molecule has 0 atom stereocenters. The smallest absolute Gasteiger partial charge is 0.410 e. The Bertz CT molecular complexity index is 1490. The normalized spacial score (nSPS) is 14.2. The van der Waals surface area contributed by atoms with Gasteiger partial charge in [-0.05, 0) is 45.9 Å². The number of rotatable bonds is 6. The molecule has 3 aromatic heterocycles. The molecule has 0 N–H and O–H groups in total. The quantitative estimate of drug-likeness (QED) is 0.339. The second-order valence-electron chi connectivity index (χ2n) is 10.5. The molecule has 0 radical (unpaired) electrons. The zero-order valence-electron chi connectivity index (χ0n) is 22.8. The summed E-state index contributed by atoms with van der Waals surface area (Å²) in [5, 5.41) is 4.77. The van der Waals surface area contributed by atoms with Gasteiger partial charge in [-0.15, -0.1) is 0 Å². The second kappa shape index (κ2) is 11.0. The highest BCUT2D eigenvalue weighted by Gasteiger charge is 2.27. The summed E-state index contributed by atoms with van der Waals surface area (Å²) in [5.41, 5.74) is 3.59. The van der Waals surface area contributed by atoms with Gasteiger partial charge in [0, 0.05) is 56.1 Å². The van der Waals surface area contributed by atoms with Crippen LogP contribution in [0.15, 0.2) is 48.8 Å². The molecule has 5 rings (SSSR count). The molecule has 210 valence electrons. The fraction of sp³-hybridized carbons (Fsp3) is 0.393. The van der Waals surface area contributed by atoms with Crippen LogP contribution < -0.4 is 9.64 Å². The summed E-state index contributed by atoms with van der Waals surface area (Å²) in [6, 6.07) is 10.4. The van der Waals surface area contributed by atoms with Gasteiger partial charge in [-0.25, -0.2) is 24.3 Å². The standard InChI is InChI=1S/C28H31F2N7O3/c1-18-22(15-19-7-5-6-8-23(19)39-25(29)30)37-24(33-18)10-9-21(34-37)20-16-31-26(32-17-20)35-11-13-36(14-12-35)27(38)40-28(2,3)4/h5-10,16-17,25H,11-15H2,1-4H3. The van der Waals surface area contributed by atoms with E-state index in [-0.39, 0.29) is 11.8 Å². The van der Waals surface area contributed by atoms with E-state index in [1.807, 2.05) is 44.7 Å². The van der Waals surface area contributed by atoms with Crippen molar-refractivity contribution in [2.75, 3.05) is 31.1 Å². The van der Waals surface area contributed by atoms with E-state index in [0.29, 0.717) is 55.5 Å². The first-order valence-electron chi connectivity index (χ1n) is 13.0. The van der Waals surface area contributed by atoms with Crippen molar-refractivity contribution in [1.29, 1.82) is 0 Å². The number of piperazine rings is 1. The second-order valence-corrected chi connectivity index (χ2v) is 10.5. The van der Waals surface area contributed by atoms with Crippen molar-refractivity contribution in [2.45, 2.75) is 46.3 Å². The number of carbonyl (C=O) groups is 1. The lowest BCUT2D eigenvalue weighted by molar-refractivity contribution is -0.0504. The number of fused-ring (bicyclic) bond motifs is 1. The van der Waals surface area contributed by atoms with E-state index in [2.05, 4.69) is 15.0 Å². The minimum atomic E-state index is -2.91. The molecule has 0 spiro atoms. The maximum Gasteiger partial charge on any atom is 0.410 e. The van der Waals surface area contributed by atoms with E-state index < -0.39 is 12.2 Å². The van der Waals surface area contributed by atoms with Gasteiger partial charge in [0.15, 0.2) is 5.65 Å². The number of imidazole rings is 1. The third-order valence-corrected chi connectivity index (χ3v) is 6.47. The third-order valence-electron chi connectivity index (χ3n) is 6.47. The van der Waals surface area contributed by atoms with E-state index in [9.17, 15) is 13.6 Å². The van der Waals surface area contributed by atoms with Crippen LogP contribution in [0.25, 0.3) is 16.9 Å². The Morgan fingerprint density at radius 2 is 1.73 bits per heavy atom. The van der Waals surface area contributed by atoms with E-state index in [4.69, 9.17) is 14.6 Å². The number of ether oxygens (including phenoxy) is 2. The Kier molecular flexibility index (Phi) is 7.51. The number of nitrogens with zero attached hydrogens (tertiary/aromatic N) is 7. The molecule has 0 bridgehead atoms. The van der Waals surface area contributed by atoms with Crippen LogP contribution in [0.5, 0.6) is 5.75 Å². The molecule has 1 aliphatic rings. The van der Waals surface area contributed by atoms with Crippen LogP contribution in [0.3, 0.4) is 0 Å². The number of aromatic nitrogens is 5. The highest BCUT2D eigenvalue weighted by molar-refractivity contribution is 5.68. The number of amides is 1. The average Bonchev–Trinajstić information content (AvgIpc) is 3.22. The lowest BCUT2D eigenvalue weighted by Crippen LogP contribution is -2.50. The van der Waals surface area contributed by atoms with Crippen LogP contribution in [-0.4, -0.2) is 74.0 Å². The van der Waals surface area contributed by atoms with Gasteiger partial charge >= 0.3 is 12.7 Å². The molecule has 1 amide bonds. The van der Waals surface area contributed by atoms with Crippen LogP contribution in [0.2, 0.25) is 0 Å². The van der Waals surface area contributed by atoms with Crippen molar-refractivity contribution < 1.29 is 23.0 Å². The number of alkyl halides is 2. The average molecular weight is 552 g/mol. The minimum Gasteiger partial charge on any atom is -0.444 e. The fourth-order valence-corrected chi connectivity index (χ4v) is 4.52. The van der Waals surface area contributed by atoms with Crippen LogP contribution >= 0.6 is 0 Å². The van der Waals surface area contributed by atoms with Gasteiger partial charge in [0.25, 0.3) is 0 Å². The molecule has 1 fully saturated rings. The molecule has 4 aromatic rings. The van der Waals surface area contributed by atoms with E-state index in [0.717, 1.165) is 17.0 Å². The molecule has 0 unspecified atom stereocenters. The molecule has 0 saturated carbocycles. The molecule has 4 heterocycles. The summed E-state index contributed by atoms with van der Waals surface area (Å²) in [5.74, 6) is 0.697. The summed E-state index contributed by atoms with van der Waals surface area (Å²) < 4.78 is 37.7. The monoisotopic (exact) mass is 551 g/mol. The summed E-state index contributed by atoms with van der Waals surface area (Å²) in [7, 11) is 0. The Hall–Kier alpha value is -4.35. The summed E-state index contributed by atoms with van der Waals surface area (Å²) >= 11 is 0. The predicted molar refractivity (Wildman–Crippen MR) is 145 cm³/mol. The van der Waals surface area contributed by atoms with Crippen LogP contribution in [-0.2, 0) is 11.2 Å². The Balaban J connectivity index is 1.32. The molecule has 40 heavy (non-hydrogen) atoms. The van der Waals surface area contributed by atoms with Crippen LogP contribution in [0.4, 0.5) is 19.5 Å². The number of aryl methyl sites for hydroxylation is 1. The lowest BCUT2D eigenvalue weighted by atomic mass is 10.1. The number of hydrogen-bond acceptors (Lipinski definition) is 8. The highest BCUT2D eigenvalue weighted by atomic mass is 19.3. The van der Waals surface area contributed by atoms with Crippen molar-refractivity contribution in [2.24, 2.45) is 0 Å². The minimum absolute atomic E-state index is 0.124. The number of anilines is 1. The number of carbonyl (C=O) groups excluding carboxylic acids is 1. The van der Waals surface area contributed by atoms with Gasteiger partial charge < -0.3 is 19.3 Å². The maximum absolute atomic E-state index is 12.9. The first-order valence-corrected chi connectivity index (χ1v) is 13.0. The van der Waals surface area contributed by atoms with Gasteiger partial charge in [0.1, 0.15) is 11.4 Å². The van der Waals surface area contributed by atoms with Crippen LogP contribution in [0.1, 0.15) is 37.7 Å². The first-order chi connectivity index (χ1) is 19.1. The van der Waals surface area contributed by atoms with Crippen LogP contribution in [0, 0.1) is 6.92 Å². The number of benzene rings is 1. The molecule has 1 saturated heterocycles. The number of halogens is 2. The molecular formula is C28H31F2N7O3. The topological polar surface area (TPSA) is 98.0 Å². The van der Waals surface area contributed by atoms with Crippen molar-refractivity contribution >= 4 is 17.7 Å². The van der Waals surface area contributed by atoms with Crippen molar-refractivity contribution in [3.8, 4) is 17.0 Å². The SMILES string of the molecule is Cc1nc2ccc(-c3cnc(N4CCN(C(=O)OC(C)(C)C)CC4)nc3)nn2c1Cc1ccccc1OC(F)F. The molecule has 1 aliphatic heterocycles. The molecule has 12 heteroatoms. The maximum atomic E-state index is 12.9. The molecule has 0 aliphatic carbocycles. The molecular weight excluding hydrogens is 520 g/mol. The highest BCUT2D eigenvalue weighted by Crippen LogP contribution is 2.26. The van der Waals surface area contributed by atoms with Gasteiger partial charge in [-0.1, -0.05) is 18.2 Å². The van der Waals surface area contributed by atoms with Gasteiger partial charge in [0.2, 0.25) is 5.95 Å². The van der Waals surface area contributed by atoms with Crippen molar-refractivity contribution in [3.63, 3.8) is 0 Å².